The molecule has 0 spiro atoms. The standard InChI is InChI=1S/C22H11N2OS.C5H8O2.Ir/c25-26-19-12-18-14-5-2-1-4-13(14)7-8-15(18)16-9-11-23-21(20(16)19)17-6-3-10-24-22(17)26;1-4(6)3-5(2)7;/h1-5,7-12H;3,6H,1-2H3;/q-1;;/b;4-3-;. The number of aromatic nitrogens is 2. The number of aliphatic hydroxyl groups is 1. The van der Waals surface area contributed by atoms with E-state index < -0.39 is 10.8 Å². The average Bonchev–Trinajstić information content (AvgIpc) is 2.81. The predicted molar refractivity (Wildman–Crippen MR) is 131 cm³/mol. The molecule has 5 aromatic rings. The van der Waals surface area contributed by atoms with E-state index in [4.69, 9.17) is 5.11 Å². The van der Waals surface area contributed by atoms with E-state index in [0.29, 0.717) is 5.03 Å². The summed E-state index contributed by atoms with van der Waals surface area (Å²) in [6.45, 7) is 2.85. The van der Waals surface area contributed by atoms with Gasteiger partial charge in [-0.05, 0) is 64.0 Å². The van der Waals surface area contributed by atoms with E-state index in [1.165, 1.54) is 25.3 Å². The van der Waals surface area contributed by atoms with Crippen molar-refractivity contribution in [2.45, 2.75) is 23.8 Å². The van der Waals surface area contributed by atoms with Crippen LogP contribution in [0, 0.1) is 6.07 Å². The molecule has 1 aliphatic rings. The smallest absolute Gasteiger partial charge is 0.155 e. The molecule has 0 amide bonds. The number of fused-ring (bicyclic) bond motifs is 6. The van der Waals surface area contributed by atoms with Crippen LogP contribution in [0.1, 0.15) is 13.8 Å². The monoisotopic (exact) mass is 644 g/mol. The second kappa shape index (κ2) is 9.55. The number of rotatable bonds is 1. The van der Waals surface area contributed by atoms with Gasteiger partial charge in [0.05, 0.1) is 16.6 Å². The molecule has 34 heavy (non-hydrogen) atoms. The zero-order chi connectivity index (χ0) is 23.1. The van der Waals surface area contributed by atoms with E-state index in [-0.39, 0.29) is 31.6 Å². The van der Waals surface area contributed by atoms with E-state index in [1.54, 1.807) is 12.3 Å². The van der Waals surface area contributed by atoms with Crippen molar-refractivity contribution in [2.75, 3.05) is 0 Å². The maximum absolute atomic E-state index is 13.3. The molecule has 0 saturated heterocycles. The molecule has 1 aliphatic heterocycles. The third kappa shape index (κ3) is 4.07. The van der Waals surface area contributed by atoms with Gasteiger partial charge >= 0.3 is 0 Å². The molecule has 1 N–H and O–H groups in total. The number of aliphatic hydroxyl groups excluding tert-OH is 1. The Balaban J connectivity index is 0.000000303. The Hall–Kier alpha value is -3.25. The molecule has 1 unspecified atom stereocenters. The van der Waals surface area contributed by atoms with Gasteiger partial charge in [0.1, 0.15) is 0 Å². The van der Waals surface area contributed by atoms with Gasteiger partial charge in [-0.25, -0.2) is 0 Å². The van der Waals surface area contributed by atoms with E-state index in [2.05, 4.69) is 46.4 Å². The second-order valence-corrected chi connectivity index (χ2v) is 9.14. The van der Waals surface area contributed by atoms with Crippen LogP contribution >= 0.6 is 0 Å². The molecular formula is C27H19IrN2O3S-. The zero-order valence-corrected chi connectivity index (χ0v) is 21.5. The van der Waals surface area contributed by atoms with Gasteiger partial charge in [0.25, 0.3) is 0 Å². The SMILES string of the molecule is CC(=O)/C=C(/C)O.O=S1c2ncc[c-]c2-c2nccc3c2c1cc1c2ccccc2ccc31.[Ir]. The maximum Gasteiger partial charge on any atom is 0.155 e. The molecule has 3 heterocycles. The Morgan fingerprint density at radius 1 is 0.971 bits per heavy atom. The minimum Gasteiger partial charge on any atom is -0.512 e. The molecule has 0 fully saturated rings. The molecule has 2 aromatic heterocycles. The van der Waals surface area contributed by atoms with Gasteiger partial charge in [0.2, 0.25) is 0 Å². The molecule has 1 radical (unpaired) electrons. The van der Waals surface area contributed by atoms with Crippen LogP contribution in [-0.4, -0.2) is 25.1 Å². The van der Waals surface area contributed by atoms with E-state index >= 15 is 0 Å². The van der Waals surface area contributed by atoms with Crippen LogP contribution in [0.2, 0.25) is 0 Å². The summed E-state index contributed by atoms with van der Waals surface area (Å²) >= 11 is 0. The van der Waals surface area contributed by atoms with E-state index in [1.807, 2.05) is 24.4 Å². The minimum atomic E-state index is -1.34. The van der Waals surface area contributed by atoms with Gasteiger partial charge in [0, 0.05) is 42.3 Å². The summed E-state index contributed by atoms with van der Waals surface area (Å²) in [5.74, 6) is -0.0625. The fraction of sp³-hybridized carbons (Fsp3) is 0.0741. The molecule has 0 saturated carbocycles. The zero-order valence-electron chi connectivity index (χ0n) is 18.3. The van der Waals surface area contributed by atoms with Gasteiger partial charge in [-0.15, -0.1) is 12.1 Å². The second-order valence-electron chi connectivity index (χ2n) is 7.77. The minimum absolute atomic E-state index is 0. The molecular weight excluding hydrogens is 625 g/mol. The Kier molecular flexibility index (Phi) is 6.71. The van der Waals surface area contributed by atoms with Crippen molar-refractivity contribution < 1.29 is 34.2 Å². The van der Waals surface area contributed by atoms with Crippen molar-refractivity contribution in [2.24, 2.45) is 0 Å². The fourth-order valence-corrected chi connectivity index (χ4v) is 5.54. The van der Waals surface area contributed by atoms with Gasteiger partial charge in [-0.2, -0.15) is 0 Å². The van der Waals surface area contributed by atoms with Crippen LogP contribution in [0.5, 0.6) is 0 Å². The number of allylic oxidation sites excluding steroid dienone is 2. The number of pyridine rings is 2. The average molecular weight is 644 g/mol. The van der Waals surface area contributed by atoms with Crippen LogP contribution < -0.4 is 0 Å². The fourth-order valence-electron chi connectivity index (χ4n) is 4.22. The number of hydrogen-bond donors (Lipinski definition) is 1. The van der Waals surface area contributed by atoms with Crippen molar-refractivity contribution in [1.82, 2.24) is 9.97 Å². The summed E-state index contributed by atoms with van der Waals surface area (Å²) in [7, 11) is -1.34. The Morgan fingerprint density at radius 2 is 1.76 bits per heavy atom. The number of carbonyl (C=O) groups is 1. The topological polar surface area (TPSA) is 80.1 Å². The first-order chi connectivity index (χ1) is 16.0. The normalized spacial score (nSPS) is 14.2. The summed E-state index contributed by atoms with van der Waals surface area (Å²) in [6, 6.07) is 21.6. The third-order valence-electron chi connectivity index (χ3n) is 5.47. The van der Waals surface area contributed by atoms with Crippen molar-refractivity contribution in [1.29, 1.82) is 0 Å². The number of carbonyl (C=O) groups excluding carboxylic acids is 1. The van der Waals surface area contributed by atoms with Gasteiger partial charge < -0.3 is 15.1 Å². The number of hydrogen-bond acceptors (Lipinski definition) is 5. The first-order valence-electron chi connectivity index (χ1n) is 10.4. The first kappa shape index (κ1) is 23.9. The van der Waals surface area contributed by atoms with Gasteiger partial charge in [-0.3, -0.25) is 9.00 Å². The molecule has 3 aromatic carbocycles. The van der Waals surface area contributed by atoms with Gasteiger partial charge in [0.15, 0.2) is 5.78 Å². The Morgan fingerprint density at radius 3 is 2.50 bits per heavy atom. The number of ketones is 1. The van der Waals surface area contributed by atoms with Crippen LogP contribution in [0.15, 0.2) is 88.7 Å². The third-order valence-corrected chi connectivity index (χ3v) is 6.85. The molecule has 0 aliphatic carbocycles. The largest absolute Gasteiger partial charge is 0.512 e. The van der Waals surface area contributed by atoms with Crippen LogP contribution in [0.4, 0.5) is 0 Å². The van der Waals surface area contributed by atoms with Gasteiger partial charge in [-0.1, -0.05) is 48.2 Å². The number of benzene rings is 3. The summed E-state index contributed by atoms with van der Waals surface area (Å²) in [5.41, 5.74) is 1.55. The summed E-state index contributed by atoms with van der Waals surface area (Å²) in [5, 5.41) is 15.5. The summed E-state index contributed by atoms with van der Waals surface area (Å²) < 4.78 is 13.3. The molecule has 5 nitrogen and oxygen atoms in total. The predicted octanol–water partition coefficient (Wildman–Crippen LogP) is 5.92. The molecule has 1 atom stereocenters. The summed E-state index contributed by atoms with van der Waals surface area (Å²) in [4.78, 5) is 19.7. The van der Waals surface area contributed by atoms with Crippen molar-refractivity contribution in [3.05, 3.63) is 84.9 Å². The van der Waals surface area contributed by atoms with Crippen molar-refractivity contribution in [3.8, 4) is 11.3 Å². The van der Waals surface area contributed by atoms with Crippen molar-refractivity contribution >= 4 is 48.9 Å². The first-order valence-corrected chi connectivity index (χ1v) is 11.5. The Labute approximate surface area is 212 Å². The Bertz CT molecular complexity index is 1640. The molecule has 6 rings (SSSR count). The van der Waals surface area contributed by atoms with E-state index in [9.17, 15) is 9.00 Å². The quantitative estimate of drug-likeness (QED) is 0.104. The van der Waals surface area contributed by atoms with Crippen LogP contribution in [0.25, 0.3) is 43.6 Å². The molecule has 171 valence electrons. The molecule has 0 bridgehead atoms. The number of nitrogens with zero attached hydrogens (tertiary/aromatic N) is 2. The maximum atomic E-state index is 13.3. The van der Waals surface area contributed by atoms with Crippen LogP contribution in [-0.2, 0) is 35.7 Å². The van der Waals surface area contributed by atoms with E-state index in [0.717, 1.165) is 43.1 Å². The van der Waals surface area contributed by atoms with Crippen LogP contribution in [0.3, 0.4) is 0 Å². The van der Waals surface area contributed by atoms with Crippen molar-refractivity contribution in [3.63, 3.8) is 0 Å². The summed E-state index contributed by atoms with van der Waals surface area (Å²) in [6.07, 6.45) is 4.62. The molecule has 7 heteroatoms.